The van der Waals surface area contributed by atoms with Gasteiger partial charge in [-0.1, -0.05) is 18.2 Å². The molecule has 1 aliphatic carbocycles. The van der Waals surface area contributed by atoms with Gasteiger partial charge in [0.25, 0.3) is 0 Å². The van der Waals surface area contributed by atoms with Crippen LogP contribution in [0, 0.1) is 0 Å². The Morgan fingerprint density at radius 3 is 2.65 bits per heavy atom. The first-order chi connectivity index (χ1) is 12.8. The van der Waals surface area contributed by atoms with Gasteiger partial charge in [0.15, 0.2) is 5.96 Å². The molecule has 3 aliphatic rings. The Morgan fingerprint density at radius 2 is 1.92 bits per heavy atom. The highest BCUT2D eigenvalue weighted by molar-refractivity contribution is 5.80. The highest BCUT2D eigenvalue weighted by Crippen LogP contribution is 2.27. The SMILES string of the molecule is CN=C(NCc1ccccc1OC1CCC1)N1CCC(N2CCCC2)C1. The molecule has 1 aromatic carbocycles. The molecule has 1 unspecified atom stereocenters. The zero-order valence-electron chi connectivity index (χ0n) is 16.0. The third-order valence-electron chi connectivity index (χ3n) is 6.09. The lowest BCUT2D eigenvalue weighted by Gasteiger charge is -2.28. The van der Waals surface area contributed by atoms with Gasteiger partial charge in [-0.15, -0.1) is 0 Å². The van der Waals surface area contributed by atoms with Crippen molar-refractivity contribution >= 4 is 5.96 Å². The summed E-state index contributed by atoms with van der Waals surface area (Å²) < 4.78 is 6.16. The predicted molar refractivity (Wildman–Crippen MR) is 106 cm³/mol. The Hall–Kier alpha value is -1.75. The number of rotatable bonds is 5. The smallest absolute Gasteiger partial charge is 0.193 e. The molecular formula is C21H32N4O. The number of nitrogens with one attached hydrogen (secondary N) is 1. The van der Waals surface area contributed by atoms with E-state index in [-0.39, 0.29) is 0 Å². The summed E-state index contributed by atoms with van der Waals surface area (Å²) in [5.74, 6) is 2.04. The third-order valence-corrected chi connectivity index (χ3v) is 6.09. The topological polar surface area (TPSA) is 40.1 Å². The van der Waals surface area contributed by atoms with Crippen LogP contribution in [0.3, 0.4) is 0 Å². The van der Waals surface area contributed by atoms with Crippen LogP contribution in [-0.2, 0) is 6.54 Å². The molecule has 26 heavy (non-hydrogen) atoms. The van der Waals surface area contributed by atoms with Crippen molar-refractivity contribution in [1.82, 2.24) is 15.1 Å². The molecule has 0 bridgehead atoms. The molecule has 5 heteroatoms. The van der Waals surface area contributed by atoms with Crippen molar-refractivity contribution in [3.8, 4) is 5.75 Å². The maximum atomic E-state index is 6.16. The van der Waals surface area contributed by atoms with Gasteiger partial charge in [0.2, 0.25) is 0 Å². The second kappa shape index (κ2) is 8.30. The van der Waals surface area contributed by atoms with Crippen LogP contribution in [0.4, 0.5) is 0 Å². The van der Waals surface area contributed by atoms with Gasteiger partial charge in [0.05, 0.1) is 6.10 Å². The summed E-state index contributed by atoms with van der Waals surface area (Å²) in [5.41, 5.74) is 1.22. The van der Waals surface area contributed by atoms with Crippen LogP contribution >= 0.6 is 0 Å². The molecule has 0 amide bonds. The number of hydrogen-bond acceptors (Lipinski definition) is 3. The van der Waals surface area contributed by atoms with E-state index >= 15 is 0 Å². The molecule has 2 heterocycles. The van der Waals surface area contributed by atoms with Gasteiger partial charge in [0.1, 0.15) is 5.75 Å². The lowest BCUT2D eigenvalue weighted by atomic mass is 9.96. The summed E-state index contributed by atoms with van der Waals surface area (Å²) in [5, 5.41) is 3.57. The van der Waals surface area contributed by atoms with Gasteiger partial charge < -0.3 is 15.0 Å². The quantitative estimate of drug-likeness (QED) is 0.651. The van der Waals surface area contributed by atoms with E-state index in [2.05, 4.69) is 44.4 Å². The second-order valence-corrected chi connectivity index (χ2v) is 7.81. The third kappa shape index (κ3) is 3.98. The first-order valence-corrected chi connectivity index (χ1v) is 10.3. The van der Waals surface area contributed by atoms with Crippen molar-refractivity contribution in [2.24, 2.45) is 4.99 Å². The molecule has 2 saturated heterocycles. The van der Waals surface area contributed by atoms with Gasteiger partial charge >= 0.3 is 0 Å². The number of hydrogen-bond donors (Lipinski definition) is 1. The van der Waals surface area contributed by atoms with Gasteiger partial charge in [-0.3, -0.25) is 9.89 Å². The minimum atomic E-state index is 0.412. The van der Waals surface area contributed by atoms with Gasteiger partial charge in [0, 0.05) is 38.3 Å². The summed E-state index contributed by atoms with van der Waals surface area (Å²) in [6, 6.07) is 9.10. The van der Waals surface area contributed by atoms with E-state index in [1.165, 1.54) is 57.2 Å². The largest absolute Gasteiger partial charge is 0.490 e. The molecule has 2 aliphatic heterocycles. The van der Waals surface area contributed by atoms with Gasteiger partial charge in [-0.25, -0.2) is 0 Å². The maximum Gasteiger partial charge on any atom is 0.193 e. The van der Waals surface area contributed by atoms with E-state index in [1.807, 2.05) is 7.05 Å². The molecule has 0 spiro atoms. The van der Waals surface area contributed by atoms with Crippen LogP contribution in [0.25, 0.3) is 0 Å². The Kier molecular flexibility index (Phi) is 5.63. The maximum absolute atomic E-state index is 6.16. The summed E-state index contributed by atoms with van der Waals surface area (Å²) in [7, 11) is 1.89. The fraction of sp³-hybridized carbons (Fsp3) is 0.667. The average molecular weight is 357 g/mol. The van der Waals surface area contributed by atoms with Crippen LogP contribution in [-0.4, -0.2) is 61.1 Å². The fourth-order valence-corrected chi connectivity index (χ4v) is 4.28. The summed E-state index contributed by atoms with van der Waals surface area (Å²) >= 11 is 0. The van der Waals surface area contributed by atoms with E-state index < -0.39 is 0 Å². The number of benzene rings is 1. The normalized spacial score (nSPS) is 24.7. The molecule has 1 atom stereocenters. The first kappa shape index (κ1) is 17.7. The van der Waals surface area contributed by atoms with Crippen LogP contribution < -0.4 is 10.1 Å². The highest BCUT2D eigenvalue weighted by atomic mass is 16.5. The van der Waals surface area contributed by atoms with E-state index in [4.69, 9.17) is 4.74 Å². The fourth-order valence-electron chi connectivity index (χ4n) is 4.28. The Bertz CT molecular complexity index is 622. The van der Waals surface area contributed by atoms with Crippen molar-refractivity contribution in [2.75, 3.05) is 33.2 Å². The standard InChI is InChI=1S/C21H32N4O/c1-22-21(25-14-11-18(16-25)24-12-4-5-13-24)23-15-17-7-2-3-10-20(17)26-19-8-6-9-19/h2-3,7,10,18-19H,4-6,8-9,11-16H2,1H3,(H,22,23). The molecule has 3 fully saturated rings. The van der Waals surface area contributed by atoms with E-state index in [0.29, 0.717) is 12.1 Å². The Labute approximate surface area is 157 Å². The van der Waals surface area contributed by atoms with Crippen LogP contribution in [0.2, 0.25) is 0 Å². The minimum absolute atomic E-state index is 0.412. The Balaban J connectivity index is 1.33. The zero-order chi connectivity index (χ0) is 17.8. The molecule has 1 saturated carbocycles. The summed E-state index contributed by atoms with van der Waals surface area (Å²) in [4.78, 5) is 9.61. The molecule has 5 nitrogen and oxygen atoms in total. The molecule has 0 radical (unpaired) electrons. The lowest BCUT2D eigenvalue weighted by molar-refractivity contribution is 0.119. The molecule has 1 aromatic rings. The molecule has 142 valence electrons. The van der Waals surface area contributed by atoms with Gasteiger partial charge in [-0.2, -0.15) is 0 Å². The van der Waals surface area contributed by atoms with Crippen molar-refractivity contribution in [3.05, 3.63) is 29.8 Å². The number of aliphatic imine (C=N–C) groups is 1. The van der Waals surface area contributed by atoms with E-state index in [9.17, 15) is 0 Å². The summed E-state index contributed by atoms with van der Waals surface area (Å²) in [6.45, 7) is 5.51. The number of para-hydroxylation sites is 1. The molecule has 1 N–H and O–H groups in total. The predicted octanol–water partition coefficient (Wildman–Crippen LogP) is 2.86. The second-order valence-electron chi connectivity index (χ2n) is 7.81. The first-order valence-electron chi connectivity index (χ1n) is 10.3. The number of ether oxygens (including phenoxy) is 1. The average Bonchev–Trinajstić information content (AvgIpc) is 3.31. The van der Waals surface area contributed by atoms with Crippen LogP contribution in [0.5, 0.6) is 5.75 Å². The van der Waals surface area contributed by atoms with Crippen molar-refractivity contribution in [1.29, 1.82) is 0 Å². The van der Waals surface area contributed by atoms with E-state index in [0.717, 1.165) is 31.3 Å². The van der Waals surface area contributed by atoms with Gasteiger partial charge in [-0.05, 0) is 57.7 Å². The highest BCUT2D eigenvalue weighted by Gasteiger charge is 2.30. The number of guanidine groups is 1. The number of likely N-dealkylation sites (tertiary alicyclic amines) is 2. The van der Waals surface area contributed by atoms with Crippen molar-refractivity contribution < 1.29 is 4.74 Å². The summed E-state index contributed by atoms with van der Waals surface area (Å²) in [6.07, 6.45) is 8.06. The molecule has 4 rings (SSSR count). The Morgan fingerprint density at radius 1 is 1.12 bits per heavy atom. The zero-order valence-corrected chi connectivity index (χ0v) is 16.0. The lowest BCUT2D eigenvalue weighted by Crippen LogP contribution is -2.42. The van der Waals surface area contributed by atoms with E-state index in [1.54, 1.807) is 0 Å². The van der Waals surface area contributed by atoms with Crippen molar-refractivity contribution in [2.45, 2.75) is 57.2 Å². The molecular weight excluding hydrogens is 324 g/mol. The molecule has 0 aromatic heterocycles. The van der Waals surface area contributed by atoms with Crippen LogP contribution in [0.1, 0.15) is 44.1 Å². The minimum Gasteiger partial charge on any atom is -0.490 e. The van der Waals surface area contributed by atoms with Crippen molar-refractivity contribution in [3.63, 3.8) is 0 Å². The monoisotopic (exact) mass is 356 g/mol. The number of nitrogens with zero attached hydrogens (tertiary/aromatic N) is 3. The van der Waals surface area contributed by atoms with Crippen LogP contribution in [0.15, 0.2) is 29.3 Å².